The van der Waals surface area contributed by atoms with Crippen LogP contribution in [0.4, 0.5) is 0 Å². The van der Waals surface area contributed by atoms with Crippen LogP contribution < -0.4 is 0 Å². The van der Waals surface area contributed by atoms with Crippen molar-refractivity contribution < 1.29 is 0 Å². The van der Waals surface area contributed by atoms with E-state index in [1.165, 1.54) is 24.3 Å². The molecule has 0 aromatic heterocycles. The van der Waals surface area contributed by atoms with Crippen molar-refractivity contribution in [3.63, 3.8) is 0 Å². The minimum atomic E-state index is -0.302. The van der Waals surface area contributed by atoms with Crippen LogP contribution in [-0.2, 0) is 0 Å². The van der Waals surface area contributed by atoms with Gasteiger partial charge in [-0.05, 0) is 25.7 Å². The van der Waals surface area contributed by atoms with Gasteiger partial charge in [0, 0.05) is 22.0 Å². The molecule has 0 amide bonds. The largest absolute Gasteiger partial charge is 0.157 e. The summed E-state index contributed by atoms with van der Waals surface area (Å²) in [4.78, 5) is 0. The Hall–Kier alpha value is 2.45. The monoisotopic (exact) mass is 362 g/mol. The third kappa shape index (κ3) is 7.14. The first kappa shape index (κ1) is 15.8. The standard InChI is InChI=1S/C10H18S7/c11-9(12,3-1-7-5-15-7)17-10(13,14)4-2-8-6-16-8/h7-8,11-14H,1-6H2. The van der Waals surface area contributed by atoms with Crippen molar-refractivity contribution >= 4 is 85.8 Å². The molecule has 100 valence electrons. The van der Waals surface area contributed by atoms with Crippen LogP contribution in [-0.4, -0.2) is 28.8 Å². The lowest BCUT2D eigenvalue weighted by atomic mass is 10.3. The Balaban J connectivity index is 1.70. The van der Waals surface area contributed by atoms with Crippen molar-refractivity contribution in [2.24, 2.45) is 0 Å². The maximum Gasteiger partial charge on any atom is 0.103 e. The van der Waals surface area contributed by atoms with E-state index < -0.39 is 0 Å². The average molecular weight is 363 g/mol. The highest BCUT2D eigenvalue weighted by Gasteiger charge is 2.36. The van der Waals surface area contributed by atoms with Crippen LogP contribution in [0.15, 0.2) is 0 Å². The lowest BCUT2D eigenvalue weighted by Crippen LogP contribution is -2.19. The molecule has 2 atom stereocenters. The molecule has 17 heavy (non-hydrogen) atoms. The van der Waals surface area contributed by atoms with Gasteiger partial charge < -0.3 is 0 Å². The minimum Gasteiger partial charge on any atom is -0.157 e. The molecule has 0 aromatic rings. The molecule has 0 saturated carbocycles. The lowest BCUT2D eigenvalue weighted by molar-refractivity contribution is 0.781. The molecular formula is C10H18S7. The molecular weight excluding hydrogens is 345 g/mol. The summed E-state index contributed by atoms with van der Waals surface area (Å²) >= 11 is 24.4. The molecule has 2 unspecified atom stereocenters. The van der Waals surface area contributed by atoms with Crippen LogP contribution >= 0.6 is 85.8 Å². The number of hydrogen-bond acceptors (Lipinski definition) is 7. The van der Waals surface area contributed by atoms with Gasteiger partial charge in [0.15, 0.2) is 0 Å². The number of rotatable bonds is 8. The summed E-state index contributed by atoms with van der Waals surface area (Å²) in [6, 6.07) is 0. The molecule has 2 saturated heterocycles. The zero-order valence-corrected chi connectivity index (χ0v) is 15.4. The van der Waals surface area contributed by atoms with E-state index in [2.05, 4.69) is 50.5 Å². The molecule has 2 aliphatic rings. The molecule has 0 bridgehead atoms. The summed E-state index contributed by atoms with van der Waals surface area (Å²) in [5, 5.41) is 1.71. The summed E-state index contributed by atoms with van der Waals surface area (Å²) in [6.07, 6.45) is 4.45. The van der Waals surface area contributed by atoms with Gasteiger partial charge in [0.05, 0.1) is 0 Å². The van der Waals surface area contributed by atoms with Gasteiger partial charge in [0.25, 0.3) is 0 Å². The van der Waals surface area contributed by atoms with E-state index in [0.717, 1.165) is 23.3 Å². The zero-order chi connectivity index (χ0) is 12.5. The molecule has 0 aromatic carbocycles. The normalized spacial score (nSPS) is 28.2. The molecule has 0 N–H and O–H groups in total. The molecule has 2 rings (SSSR count). The van der Waals surface area contributed by atoms with Crippen LogP contribution in [0.5, 0.6) is 0 Å². The second-order valence-corrected chi connectivity index (χ2v) is 13.8. The second kappa shape index (κ2) is 6.48. The van der Waals surface area contributed by atoms with Gasteiger partial charge in [-0.3, -0.25) is 0 Å². The van der Waals surface area contributed by atoms with Crippen LogP contribution in [0.1, 0.15) is 25.7 Å². The van der Waals surface area contributed by atoms with Gasteiger partial charge in [-0.15, -0.1) is 11.8 Å². The maximum absolute atomic E-state index is 4.66. The topological polar surface area (TPSA) is 0 Å². The van der Waals surface area contributed by atoms with E-state index in [1.54, 1.807) is 11.8 Å². The molecule has 0 spiro atoms. The Morgan fingerprint density at radius 3 is 1.53 bits per heavy atom. The molecule has 2 heterocycles. The lowest BCUT2D eigenvalue weighted by Gasteiger charge is -2.31. The summed E-state index contributed by atoms with van der Waals surface area (Å²) in [5.74, 6) is 2.63. The fourth-order valence-corrected chi connectivity index (χ4v) is 6.92. The van der Waals surface area contributed by atoms with Gasteiger partial charge in [-0.1, -0.05) is 0 Å². The van der Waals surface area contributed by atoms with Gasteiger partial charge in [0.1, 0.15) is 6.82 Å². The van der Waals surface area contributed by atoms with Crippen molar-refractivity contribution in [2.45, 2.75) is 43.0 Å². The first-order valence-electron chi connectivity index (χ1n) is 5.69. The van der Waals surface area contributed by atoms with E-state index in [0.29, 0.717) is 0 Å². The first-order chi connectivity index (χ1) is 7.86. The Labute approximate surface area is 139 Å². The van der Waals surface area contributed by atoms with E-state index in [-0.39, 0.29) is 6.82 Å². The number of hydrogen-bond donors (Lipinski definition) is 4. The van der Waals surface area contributed by atoms with E-state index in [4.69, 9.17) is 0 Å². The Bertz CT molecular complexity index is 231. The smallest absolute Gasteiger partial charge is 0.103 e. The summed E-state index contributed by atoms with van der Waals surface area (Å²) < 4.78 is -0.604. The van der Waals surface area contributed by atoms with Gasteiger partial charge in [-0.25, -0.2) is 0 Å². The molecule has 7 heteroatoms. The SMILES string of the molecule is SC(S)(CCC1CS1)SC(S)(S)CCC1CS1. The minimum absolute atomic E-state index is 0.302. The predicted molar refractivity (Wildman–Crippen MR) is 100.0 cm³/mol. The van der Waals surface area contributed by atoms with Crippen molar-refractivity contribution in [3.8, 4) is 0 Å². The fraction of sp³-hybridized carbons (Fsp3) is 1.00. The van der Waals surface area contributed by atoms with Gasteiger partial charge >= 0.3 is 0 Å². The molecule has 0 radical (unpaired) electrons. The van der Waals surface area contributed by atoms with Crippen LogP contribution in [0.3, 0.4) is 0 Å². The Kier molecular flexibility index (Phi) is 6.03. The highest BCUT2D eigenvalue weighted by molar-refractivity contribution is 8.33. The van der Waals surface area contributed by atoms with Gasteiger partial charge in [-0.2, -0.15) is 74.0 Å². The van der Waals surface area contributed by atoms with E-state index in [1.807, 2.05) is 23.5 Å². The molecule has 0 aliphatic carbocycles. The quantitative estimate of drug-likeness (QED) is 0.285. The zero-order valence-electron chi connectivity index (χ0n) is 9.41. The highest BCUT2D eigenvalue weighted by Crippen LogP contribution is 2.53. The van der Waals surface area contributed by atoms with E-state index in [9.17, 15) is 0 Å². The Morgan fingerprint density at radius 2 is 1.24 bits per heavy atom. The predicted octanol–water partition coefficient (Wildman–Crippen LogP) is 4.54. The summed E-state index contributed by atoms with van der Waals surface area (Å²) in [7, 11) is 0. The number of thiol groups is 4. The fourth-order valence-electron chi connectivity index (χ4n) is 1.53. The van der Waals surface area contributed by atoms with Gasteiger partial charge in [0.2, 0.25) is 0 Å². The third-order valence-corrected chi connectivity index (χ3v) is 7.85. The van der Waals surface area contributed by atoms with Crippen LogP contribution in [0.25, 0.3) is 0 Å². The molecule has 2 aliphatic heterocycles. The van der Waals surface area contributed by atoms with Crippen molar-refractivity contribution in [1.82, 2.24) is 0 Å². The maximum atomic E-state index is 4.66. The average Bonchev–Trinajstić information content (AvgIpc) is 3.05. The van der Waals surface area contributed by atoms with Crippen molar-refractivity contribution in [3.05, 3.63) is 0 Å². The Morgan fingerprint density at radius 1 is 0.882 bits per heavy atom. The summed E-state index contributed by atoms with van der Waals surface area (Å²) in [5.41, 5.74) is 0. The van der Waals surface area contributed by atoms with Crippen molar-refractivity contribution in [2.75, 3.05) is 11.5 Å². The van der Waals surface area contributed by atoms with E-state index >= 15 is 0 Å². The van der Waals surface area contributed by atoms with Crippen LogP contribution in [0.2, 0.25) is 0 Å². The molecule has 0 nitrogen and oxygen atoms in total. The first-order valence-corrected chi connectivity index (χ1v) is 10.4. The van der Waals surface area contributed by atoms with Crippen molar-refractivity contribution in [1.29, 1.82) is 0 Å². The summed E-state index contributed by atoms with van der Waals surface area (Å²) in [6.45, 7) is 0. The van der Waals surface area contributed by atoms with Crippen LogP contribution in [0, 0.1) is 0 Å². The third-order valence-electron chi connectivity index (χ3n) is 2.72. The number of thioether (sulfide) groups is 3. The highest BCUT2D eigenvalue weighted by atomic mass is 32.3. The molecule has 2 fully saturated rings. The second-order valence-electron chi connectivity index (χ2n) is 4.58.